The molecule has 0 fully saturated rings. The summed E-state index contributed by atoms with van der Waals surface area (Å²) < 4.78 is 38.8. The van der Waals surface area contributed by atoms with Crippen LogP contribution in [0.3, 0.4) is 0 Å². The van der Waals surface area contributed by atoms with Crippen LogP contribution in [0.4, 0.5) is 18.9 Å². The maximum absolute atomic E-state index is 11.8. The van der Waals surface area contributed by atoms with Gasteiger partial charge in [-0.2, -0.15) is 0 Å². The first-order valence-corrected chi connectivity index (χ1v) is 3.97. The maximum Gasteiger partial charge on any atom is 0.573 e. The molecule has 0 unspecified atom stereocenters. The number of nitrogens with zero attached hydrogens (tertiary/aromatic N) is 1. The topological polar surface area (TPSA) is 52.4 Å². The molecule has 0 N–H and O–H groups in total. The Morgan fingerprint density at radius 1 is 1.40 bits per heavy atom. The second kappa shape index (κ2) is 3.97. The highest BCUT2D eigenvalue weighted by Crippen LogP contribution is 2.30. The van der Waals surface area contributed by atoms with Gasteiger partial charge in [-0.3, -0.25) is 10.1 Å². The molecule has 1 aromatic rings. The number of thiol groups is 1. The Morgan fingerprint density at radius 3 is 2.40 bits per heavy atom. The number of nitro groups is 1. The molecular weight excluding hydrogens is 235 g/mol. The van der Waals surface area contributed by atoms with Crippen molar-refractivity contribution in [3.8, 4) is 5.75 Å². The van der Waals surface area contributed by atoms with Crippen molar-refractivity contribution in [3.05, 3.63) is 28.3 Å². The van der Waals surface area contributed by atoms with Crippen LogP contribution >= 0.6 is 12.6 Å². The van der Waals surface area contributed by atoms with E-state index in [9.17, 15) is 23.3 Å². The smallest absolute Gasteiger partial charge is 0.406 e. The van der Waals surface area contributed by atoms with Crippen molar-refractivity contribution in [2.75, 3.05) is 0 Å². The minimum Gasteiger partial charge on any atom is -0.406 e. The number of nitro benzene ring substituents is 1. The Labute approximate surface area is 87.2 Å². The van der Waals surface area contributed by atoms with Crippen LogP contribution in [0.15, 0.2) is 23.1 Å². The normalized spacial score (nSPS) is 11.2. The Bertz CT molecular complexity index is 394. The lowest BCUT2D eigenvalue weighted by Gasteiger charge is -2.08. The molecule has 82 valence electrons. The Morgan fingerprint density at radius 2 is 2.00 bits per heavy atom. The number of ether oxygens (including phenoxy) is 1. The van der Waals surface area contributed by atoms with E-state index in [0.717, 1.165) is 18.2 Å². The highest BCUT2D eigenvalue weighted by molar-refractivity contribution is 7.80. The van der Waals surface area contributed by atoms with Crippen molar-refractivity contribution in [1.82, 2.24) is 0 Å². The summed E-state index contributed by atoms with van der Waals surface area (Å²) in [5.41, 5.74) is -0.382. The molecule has 0 radical (unpaired) electrons. The number of hydrogen-bond acceptors (Lipinski definition) is 4. The Kier molecular flexibility index (Phi) is 3.08. The van der Waals surface area contributed by atoms with Gasteiger partial charge in [-0.05, 0) is 6.07 Å². The number of hydrogen-bond donors (Lipinski definition) is 1. The summed E-state index contributed by atoms with van der Waals surface area (Å²) in [6, 6.07) is 2.57. The summed E-state index contributed by atoms with van der Waals surface area (Å²) in [4.78, 5) is 9.37. The van der Waals surface area contributed by atoms with E-state index in [-0.39, 0.29) is 10.6 Å². The van der Waals surface area contributed by atoms with E-state index in [2.05, 4.69) is 17.4 Å². The summed E-state index contributed by atoms with van der Waals surface area (Å²) in [5.74, 6) is -0.543. The highest BCUT2D eigenvalue weighted by atomic mass is 32.1. The van der Waals surface area contributed by atoms with Gasteiger partial charge in [0.25, 0.3) is 5.69 Å². The highest BCUT2D eigenvalue weighted by Gasteiger charge is 2.31. The van der Waals surface area contributed by atoms with Gasteiger partial charge in [0.2, 0.25) is 0 Å². The third-order valence-corrected chi connectivity index (χ3v) is 1.74. The summed E-state index contributed by atoms with van der Waals surface area (Å²) in [5, 5.41) is 10.3. The third-order valence-electron chi connectivity index (χ3n) is 1.38. The van der Waals surface area contributed by atoms with Crippen LogP contribution in [0.1, 0.15) is 0 Å². The quantitative estimate of drug-likeness (QED) is 0.490. The van der Waals surface area contributed by atoms with Gasteiger partial charge in [0, 0.05) is 12.1 Å². The molecule has 1 rings (SSSR count). The summed E-state index contributed by atoms with van der Waals surface area (Å²) >= 11 is 3.67. The Balaban J connectivity index is 2.97. The number of benzene rings is 1. The summed E-state index contributed by atoms with van der Waals surface area (Å²) in [7, 11) is 0. The predicted molar refractivity (Wildman–Crippen MR) is 47.0 cm³/mol. The molecule has 0 aliphatic rings. The number of alkyl halides is 3. The molecule has 15 heavy (non-hydrogen) atoms. The maximum atomic E-state index is 11.8. The minimum absolute atomic E-state index is 0.193. The molecular formula is C7H4F3NO3S. The molecule has 8 heteroatoms. The molecule has 0 heterocycles. The van der Waals surface area contributed by atoms with Gasteiger partial charge in [-0.15, -0.1) is 25.8 Å². The molecule has 0 spiro atoms. The first-order chi connectivity index (χ1) is 6.79. The predicted octanol–water partition coefficient (Wildman–Crippen LogP) is 2.78. The molecule has 0 saturated carbocycles. The molecule has 0 saturated heterocycles. The van der Waals surface area contributed by atoms with E-state index in [4.69, 9.17) is 0 Å². The average molecular weight is 239 g/mol. The van der Waals surface area contributed by atoms with Crippen molar-refractivity contribution in [2.45, 2.75) is 11.3 Å². The van der Waals surface area contributed by atoms with Crippen molar-refractivity contribution in [2.24, 2.45) is 0 Å². The fourth-order valence-electron chi connectivity index (χ4n) is 0.855. The lowest BCUT2D eigenvalue weighted by atomic mass is 10.3. The molecule has 0 aromatic heterocycles. The molecule has 0 aliphatic carbocycles. The molecule has 0 atom stereocenters. The van der Waals surface area contributed by atoms with Gasteiger partial charge in [0.15, 0.2) is 0 Å². The zero-order valence-corrected chi connectivity index (χ0v) is 7.88. The largest absolute Gasteiger partial charge is 0.573 e. The van der Waals surface area contributed by atoms with Crippen molar-refractivity contribution < 1.29 is 22.8 Å². The van der Waals surface area contributed by atoms with Crippen molar-refractivity contribution in [1.29, 1.82) is 0 Å². The third kappa shape index (κ3) is 3.31. The molecule has 1 aromatic carbocycles. The van der Waals surface area contributed by atoms with E-state index in [1.165, 1.54) is 0 Å². The second-order valence-corrected chi connectivity index (χ2v) is 2.94. The monoisotopic (exact) mass is 239 g/mol. The molecule has 0 bridgehead atoms. The van der Waals surface area contributed by atoms with Crippen LogP contribution in [-0.2, 0) is 0 Å². The Hall–Kier alpha value is -1.44. The van der Waals surface area contributed by atoms with E-state index in [1.54, 1.807) is 0 Å². The summed E-state index contributed by atoms with van der Waals surface area (Å²) in [6.07, 6.45) is -4.82. The summed E-state index contributed by atoms with van der Waals surface area (Å²) in [6.45, 7) is 0. The number of rotatable bonds is 2. The molecule has 0 aliphatic heterocycles. The van der Waals surface area contributed by atoms with Gasteiger partial charge < -0.3 is 4.74 Å². The van der Waals surface area contributed by atoms with Crippen LogP contribution in [-0.4, -0.2) is 11.3 Å². The fraction of sp³-hybridized carbons (Fsp3) is 0.143. The van der Waals surface area contributed by atoms with E-state index in [1.807, 2.05) is 0 Å². The number of halogens is 3. The van der Waals surface area contributed by atoms with Crippen molar-refractivity contribution in [3.63, 3.8) is 0 Å². The van der Waals surface area contributed by atoms with Crippen LogP contribution in [0.25, 0.3) is 0 Å². The first kappa shape index (κ1) is 11.6. The fourth-order valence-corrected chi connectivity index (χ4v) is 1.14. The van der Waals surface area contributed by atoms with Crippen LogP contribution < -0.4 is 4.74 Å². The van der Waals surface area contributed by atoms with E-state index >= 15 is 0 Å². The van der Waals surface area contributed by atoms with Crippen LogP contribution in [0, 0.1) is 10.1 Å². The molecule has 4 nitrogen and oxygen atoms in total. The van der Waals surface area contributed by atoms with Crippen LogP contribution in [0.5, 0.6) is 5.75 Å². The van der Waals surface area contributed by atoms with E-state index in [0.29, 0.717) is 0 Å². The zero-order chi connectivity index (χ0) is 11.6. The van der Waals surface area contributed by atoms with Gasteiger partial charge in [0.1, 0.15) is 5.75 Å². The average Bonchev–Trinajstić information content (AvgIpc) is 1.99. The standard InChI is InChI=1S/C7H4F3NO3S/c8-7(9,10)14-4-1-2-5(11(12)13)6(15)3-4/h1-3,15H. The second-order valence-electron chi connectivity index (χ2n) is 2.46. The zero-order valence-electron chi connectivity index (χ0n) is 6.99. The van der Waals surface area contributed by atoms with Crippen LogP contribution in [0.2, 0.25) is 0 Å². The van der Waals surface area contributed by atoms with Crippen molar-refractivity contribution >= 4 is 18.3 Å². The minimum atomic E-state index is -4.82. The lowest BCUT2D eigenvalue weighted by Crippen LogP contribution is -2.17. The van der Waals surface area contributed by atoms with Gasteiger partial charge in [-0.25, -0.2) is 0 Å². The lowest BCUT2D eigenvalue weighted by molar-refractivity contribution is -0.387. The van der Waals surface area contributed by atoms with Gasteiger partial charge in [0.05, 0.1) is 9.82 Å². The van der Waals surface area contributed by atoms with Gasteiger partial charge >= 0.3 is 6.36 Å². The SMILES string of the molecule is O=[N+]([O-])c1ccc(OC(F)(F)F)cc1S. The van der Waals surface area contributed by atoms with E-state index < -0.39 is 17.0 Å². The van der Waals surface area contributed by atoms with Gasteiger partial charge in [-0.1, -0.05) is 0 Å². The molecule has 0 amide bonds. The first-order valence-electron chi connectivity index (χ1n) is 3.53.